The third-order valence-corrected chi connectivity index (χ3v) is 2.72. The van der Waals surface area contributed by atoms with Crippen molar-refractivity contribution in [1.82, 2.24) is 4.90 Å². The van der Waals surface area contributed by atoms with Crippen LogP contribution in [0.25, 0.3) is 0 Å². The zero-order valence-corrected chi connectivity index (χ0v) is 11.4. The summed E-state index contributed by atoms with van der Waals surface area (Å²) in [7, 11) is 0. The Labute approximate surface area is 123 Å². The Morgan fingerprint density at radius 3 is 2.23 bits per heavy atom. The maximum atomic E-state index is 12.8. The van der Waals surface area contributed by atoms with E-state index in [2.05, 4.69) is 0 Å². The Bertz CT molecular complexity index is 514. The second kappa shape index (κ2) is 7.35. The van der Waals surface area contributed by atoms with Crippen LogP contribution in [0.5, 0.6) is 0 Å². The largest absolute Gasteiger partial charge is 0.461 e. The van der Waals surface area contributed by atoms with Crippen LogP contribution in [0, 0.1) is 0 Å². The smallest absolute Gasteiger partial charge is 0.395 e. The lowest BCUT2D eigenvalue weighted by Crippen LogP contribution is -2.43. The van der Waals surface area contributed by atoms with E-state index in [0.29, 0.717) is 0 Å². The first-order valence-corrected chi connectivity index (χ1v) is 6.24. The highest BCUT2D eigenvalue weighted by atomic mass is 19.4. The van der Waals surface area contributed by atoms with Crippen LogP contribution < -0.4 is 0 Å². The predicted molar refractivity (Wildman–Crippen MR) is 69.1 cm³/mol. The molecule has 0 bridgehead atoms. The SMILES string of the molecule is O=C(C=CN(CCO)Cc1ccccc1)C(F)(F)C(F)(F)F. The fourth-order valence-corrected chi connectivity index (χ4v) is 1.57. The van der Waals surface area contributed by atoms with Gasteiger partial charge in [-0.3, -0.25) is 4.79 Å². The average Bonchev–Trinajstić information content (AvgIpc) is 2.44. The van der Waals surface area contributed by atoms with Crippen molar-refractivity contribution in [2.45, 2.75) is 18.6 Å². The Morgan fingerprint density at radius 1 is 1.14 bits per heavy atom. The summed E-state index contributed by atoms with van der Waals surface area (Å²) in [6.45, 7) is -0.208. The van der Waals surface area contributed by atoms with E-state index in [1.165, 1.54) is 4.90 Å². The fourth-order valence-electron chi connectivity index (χ4n) is 1.57. The summed E-state index contributed by atoms with van der Waals surface area (Å²) in [4.78, 5) is 12.3. The highest BCUT2D eigenvalue weighted by Crippen LogP contribution is 2.36. The quantitative estimate of drug-likeness (QED) is 0.620. The normalized spacial score (nSPS) is 12.6. The number of nitrogens with zero attached hydrogens (tertiary/aromatic N) is 1. The van der Waals surface area contributed by atoms with Crippen LogP contribution in [0.15, 0.2) is 42.6 Å². The summed E-state index contributed by atoms with van der Waals surface area (Å²) in [5.41, 5.74) is 0.746. The molecule has 3 nitrogen and oxygen atoms in total. The van der Waals surface area contributed by atoms with Crippen LogP contribution in [0.4, 0.5) is 22.0 Å². The number of allylic oxidation sites excluding steroid dienone is 1. The topological polar surface area (TPSA) is 40.5 Å². The van der Waals surface area contributed by atoms with Crippen molar-refractivity contribution in [3.63, 3.8) is 0 Å². The molecule has 0 spiro atoms. The highest BCUT2D eigenvalue weighted by molar-refractivity contribution is 5.96. The van der Waals surface area contributed by atoms with E-state index >= 15 is 0 Å². The first kappa shape index (κ1) is 18.1. The molecule has 0 heterocycles. The lowest BCUT2D eigenvalue weighted by atomic mass is 10.2. The van der Waals surface area contributed by atoms with Crippen LogP contribution in [0.1, 0.15) is 5.56 Å². The Morgan fingerprint density at radius 2 is 1.73 bits per heavy atom. The maximum Gasteiger partial charge on any atom is 0.461 e. The molecule has 0 fully saturated rings. The zero-order valence-electron chi connectivity index (χ0n) is 11.4. The van der Waals surface area contributed by atoms with Crippen LogP contribution >= 0.6 is 0 Å². The van der Waals surface area contributed by atoms with E-state index in [4.69, 9.17) is 5.11 Å². The van der Waals surface area contributed by atoms with Crippen molar-refractivity contribution in [1.29, 1.82) is 0 Å². The van der Waals surface area contributed by atoms with E-state index in [1.807, 2.05) is 0 Å². The van der Waals surface area contributed by atoms with Crippen molar-refractivity contribution < 1.29 is 31.9 Å². The molecule has 0 radical (unpaired) electrons. The number of ketones is 1. The molecule has 122 valence electrons. The summed E-state index contributed by atoms with van der Waals surface area (Å²) >= 11 is 0. The molecule has 1 N–H and O–H groups in total. The Hall–Kier alpha value is -1.96. The number of halogens is 5. The van der Waals surface area contributed by atoms with Gasteiger partial charge >= 0.3 is 12.1 Å². The molecule has 1 aromatic rings. The van der Waals surface area contributed by atoms with E-state index in [1.54, 1.807) is 30.3 Å². The first-order valence-electron chi connectivity index (χ1n) is 6.24. The molecule has 0 amide bonds. The maximum absolute atomic E-state index is 12.8. The molecule has 0 unspecified atom stereocenters. The van der Waals surface area contributed by atoms with Gasteiger partial charge in [0, 0.05) is 25.4 Å². The molecule has 0 atom stereocenters. The van der Waals surface area contributed by atoms with Gasteiger partial charge in [0.05, 0.1) is 6.61 Å². The van der Waals surface area contributed by atoms with Gasteiger partial charge in [-0.05, 0) is 5.56 Å². The summed E-state index contributed by atoms with van der Waals surface area (Å²) < 4.78 is 61.7. The van der Waals surface area contributed by atoms with Gasteiger partial charge in [0.1, 0.15) is 0 Å². The number of hydrogen-bond donors (Lipinski definition) is 1. The van der Waals surface area contributed by atoms with Crippen molar-refractivity contribution in [2.24, 2.45) is 0 Å². The van der Waals surface area contributed by atoms with Gasteiger partial charge < -0.3 is 10.0 Å². The molecule has 8 heteroatoms. The summed E-state index contributed by atoms with van der Waals surface area (Å²) in [5, 5.41) is 8.88. The van der Waals surface area contributed by atoms with Gasteiger partial charge in [-0.2, -0.15) is 22.0 Å². The van der Waals surface area contributed by atoms with E-state index in [9.17, 15) is 26.7 Å². The Kier molecular flexibility index (Phi) is 6.04. The van der Waals surface area contributed by atoms with Crippen molar-refractivity contribution in [3.05, 3.63) is 48.2 Å². The third-order valence-electron chi connectivity index (χ3n) is 2.72. The molecule has 22 heavy (non-hydrogen) atoms. The van der Waals surface area contributed by atoms with Gasteiger partial charge in [-0.15, -0.1) is 0 Å². The number of hydrogen-bond acceptors (Lipinski definition) is 3. The summed E-state index contributed by atoms with van der Waals surface area (Å²) in [6.07, 6.45) is -4.94. The van der Waals surface area contributed by atoms with Gasteiger partial charge in [0.2, 0.25) is 5.78 Å². The van der Waals surface area contributed by atoms with Crippen molar-refractivity contribution >= 4 is 5.78 Å². The van der Waals surface area contributed by atoms with Crippen LogP contribution in [0.3, 0.4) is 0 Å². The fraction of sp³-hybridized carbons (Fsp3) is 0.357. The standard InChI is InChI=1S/C14H14F5NO2/c15-13(16,14(17,18)19)12(22)6-7-20(8-9-21)10-11-4-2-1-3-5-11/h1-7,21H,8-10H2. The molecular weight excluding hydrogens is 309 g/mol. The minimum absolute atomic E-state index is 0.0176. The molecule has 0 saturated heterocycles. The molecule has 0 aliphatic heterocycles. The molecule has 1 rings (SSSR count). The van der Waals surface area contributed by atoms with Crippen LogP contribution in [0.2, 0.25) is 0 Å². The Balaban J connectivity index is 2.80. The number of carbonyl (C=O) groups is 1. The minimum Gasteiger partial charge on any atom is -0.395 e. The van der Waals surface area contributed by atoms with Crippen LogP contribution in [-0.2, 0) is 11.3 Å². The lowest BCUT2D eigenvalue weighted by Gasteiger charge is -2.20. The van der Waals surface area contributed by atoms with E-state index in [0.717, 1.165) is 11.8 Å². The van der Waals surface area contributed by atoms with Gasteiger partial charge in [0.15, 0.2) is 0 Å². The van der Waals surface area contributed by atoms with E-state index < -0.39 is 17.9 Å². The molecular formula is C14H14F5NO2. The lowest BCUT2D eigenvalue weighted by molar-refractivity contribution is -0.266. The molecule has 0 aliphatic rings. The number of aliphatic hydroxyl groups is 1. The monoisotopic (exact) mass is 323 g/mol. The summed E-state index contributed by atoms with van der Waals surface area (Å²) in [6, 6.07) is 8.62. The first-order chi connectivity index (χ1) is 10.2. The zero-order chi connectivity index (χ0) is 16.8. The molecule has 0 aromatic heterocycles. The molecule has 0 aliphatic carbocycles. The van der Waals surface area contributed by atoms with Gasteiger partial charge in [0.25, 0.3) is 0 Å². The average molecular weight is 323 g/mol. The number of benzene rings is 1. The molecule has 0 saturated carbocycles. The third kappa shape index (κ3) is 4.80. The van der Waals surface area contributed by atoms with Gasteiger partial charge in [-0.1, -0.05) is 30.3 Å². The molecule has 1 aromatic carbocycles. The second-order valence-electron chi connectivity index (χ2n) is 4.43. The summed E-state index contributed by atoms with van der Waals surface area (Å²) in [5.74, 6) is -7.78. The van der Waals surface area contributed by atoms with Crippen molar-refractivity contribution in [3.8, 4) is 0 Å². The number of carbonyl (C=O) groups excluding carboxylic acids is 1. The highest BCUT2D eigenvalue weighted by Gasteiger charge is 2.62. The number of alkyl halides is 5. The van der Waals surface area contributed by atoms with Crippen LogP contribution in [-0.4, -0.2) is 41.0 Å². The predicted octanol–water partition coefficient (Wildman–Crippen LogP) is 2.76. The number of rotatable bonds is 7. The minimum atomic E-state index is -5.93. The number of aliphatic hydroxyl groups excluding tert-OH is 1. The van der Waals surface area contributed by atoms with Crippen molar-refractivity contribution in [2.75, 3.05) is 13.2 Å². The van der Waals surface area contributed by atoms with Gasteiger partial charge in [-0.25, -0.2) is 0 Å². The van der Waals surface area contributed by atoms with E-state index in [-0.39, 0.29) is 25.8 Å². The second-order valence-corrected chi connectivity index (χ2v) is 4.43.